The van der Waals surface area contributed by atoms with Gasteiger partial charge in [0.05, 0.1) is 4.99 Å². The van der Waals surface area contributed by atoms with Crippen LogP contribution in [0.15, 0.2) is 12.1 Å². The maximum atomic E-state index is 5.82. The Kier molecular flexibility index (Phi) is 2.88. The number of thiocarbonyl (C=S) groups is 1. The molecule has 1 aromatic rings. The Morgan fingerprint density at radius 2 is 1.77 bits per heavy atom. The number of rotatable bonds is 2. The number of hydrogen-bond donors (Lipinski definition) is 2. The third kappa shape index (κ3) is 2.42. The molecule has 3 heteroatoms. The van der Waals surface area contributed by atoms with Crippen molar-refractivity contribution in [2.24, 2.45) is 5.73 Å². The first-order chi connectivity index (χ1) is 6.00. The van der Waals surface area contributed by atoms with Crippen molar-refractivity contribution in [2.75, 3.05) is 5.73 Å². The van der Waals surface area contributed by atoms with E-state index in [2.05, 4.69) is 0 Å². The molecule has 0 aromatic heterocycles. The van der Waals surface area contributed by atoms with Crippen molar-refractivity contribution >= 4 is 22.9 Å². The minimum atomic E-state index is 0.517. The normalized spacial score (nSPS) is 10.0. The van der Waals surface area contributed by atoms with E-state index in [4.69, 9.17) is 23.7 Å². The van der Waals surface area contributed by atoms with E-state index < -0.39 is 0 Å². The molecule has 0 aliphatic carbocycles. The van der Waals surface area contributed by atoms with Crippen molar-refractivity contribution in [3.05, 3.63) is 28.8 Å². The molecular formula is C10H14N2S. The van der Waals surface area contributed by atoms with Gasteiger partial charge in [0, 0.05) is 12.1 Å². The highest BCUT2D eigenvalue weighted by molar-refractivity contribution is 7.80. The number of benzene rings is 1. The molecule has 0 saturated heterocycles. The van der Waals surface area contributed by atoms with E-state index in [-0.39, 0.29) is 0 Å². The highest BCUT2D eigenvalue weighted by Crippen LogP contribution is 2.18. The average Bonchev–Trinajstić information content (AvgIpc) is 1.98. The lowest BCUT2D eigenvalue weighted by Gasteiger charge is -2.07. The van der Waals surface area contributed by atoms with Gasteiger partial charge in [-0.05, 0) is 30.5 Å². The van der Waals surface area contributed by atoms with Crippen molar-refractivity contribution in [3.8, 4) is 0 Å². The first-order valence-corrected chi connectivity index (χ1v) is 4.55. The molecule has 0 radical (unpaired) electrons. The van der Waals surface area contributed by atoms with Gasteiger partial charge < -0.3 is 11.5 Å². The van der Waals surface area contributed by atoms with Gasteiger partial charge in [-0.1, -0.05) is 24.4 Å². The molecule has 0 fully saturated rings. The molecule has 0 heterocycles. The monoisotopic (exact) mass is 194 g/mol. The number of nitrogens with two attached hydrogens (primary N) is 2. The predicted molar refractivity (Wildman–Crippen MR) is 60.8 cm³/mol. The summed E-state index contributed by atoms with van der Waals surface area (Å²) in [7, 11) is 0. The first kappa shape index (κ1) is 9.99. The summed E-state index contributed by atoms with van der Waals surface area (Å²) in [5, 5.41) is 0. The molecule has 1 rings (SSSR count). The van der Waals surface area contributed by atoms with Gasteiger partial charge in [0.25, 0.3) is 0 Å². The zero-order chi connectivity index (χ0) is 10.0. The Morgan fingerprint density at radius 1 is 1.31 bits per heavy atom. The molecule has 0 unspecified atom stereocenters. The zero-order valence-corrected chi connectivity index (χ0v) is 8.74. The minimum Gasteiger partial charge on any atom is -0.398 e. The third-order valence-electron chi connectivity index (χ3n) is 2.03. The molecule has 0 atom stereocenters. The topological polar surface area (TPSA) is 52.0 Å². The summed E-state index contributed by atoms with van der Waals surface area (Å²) in [6, 6.07) is 4.06. The largest absolute Gasteiger partial charge is 0.398 e. The van der Waals surface area contributed by atoms with Gasteiger partial charge in [-0.3, -0.25) is 0 Å². The first-order valence-electron chi connectivity index (χ1n) is 4.14. The summed E-state index contributed by atoms with van der Waals surface area (Å²) in [4.78, 5) is 0.517. The SMILES string of the molecule is Cc1cc(CC(N)=S)cc(C)c1N. The second-order valence-corrected chi connectivity index (χ2v) is 3.81. The number of nitrogen functional groups attached to an aromatic ring is 1. The van der Waals surface area contributed by atoms with E-state index >= 15 is 0 Å². The van der Waals surface area contributed by atoms with Gasteiger partial charge >= 0.3 is 0 Å². The van der Waals surface area contributed by atoms with Crippen LogP contribution in [-0.4, -0.2) is 4.99 Å². The fourth-order valence-electron chi connectivity index (χ4n) is 1.37. The fourth-order valence-corrected chi connectivity index (χ4v) is 1.53. The van der Waals surface area contributed by atoms with Crippen molar-refractivity contribution < 1.29 is 0 Å². The van der Waals surface area contributed by atoms with Crippen LogP contribution in [0, 0.1) is 13.8 Å². The van der Waals surface area contributed by atoms with Crippen LogP contribution < -0.4 is 11.5 Å². The average molecular weight is 194 g/mol. The van der Waals surface area contributed by atoms with Crippen molar-refractivity contribution in [3.63, 3.8) is 0 Å². The van der Waals surface area contributed by atoms with Crippen LogP contribution in [0.25, 0.3) is 0 Å². The lowest BCUT2D eigenvalue weighted by molar-refractivity contribution is 1.27. The number of anilines is 1. The molecular weight excluding hydrogens is 180 g/mol. The van der Waals surface area contributed by atoms with Crippen molar-refractivity contribution in [1.29, 1.82) is 0 Å². The molecule has 0 aliphatic rings. The fraction of sp³-hybridized carbons (Fsp3) is 0.300. The third-order valence-corrected chi connectivity index (χ3v) is 2.18. The van der Waals surface area contributed by atoms with Gasteiger partial charge in [-0.2, -0.15) is 0 Å². The smallest absolute Gasteiger partial charge is 0.0771 e. The molecule has 70 valence electrons. The van der Waals surface area contributed by atoms with E-state index in [1.54, 1.807) is 0 Å². The maximum Gasteiger partial charge on any atom is 0.0771 e. The molecule has 0 spiro atoms. The predicted octanol–water partition coefficient (Wildman–Crippen LogP) is 1.71. The minimum absolute atomic E-state index is 0.517. The zero-order valence-electron chi connectivity index (χ0n) is 7.92. The maximum absolute atomic E-state index is 5.82. The Hall–Kier alpha value is -1.09. The van der Waals surface area contributed by atoms with Gasteiger partial charge in [-0.15, -0.1) is 0 Å². The van der Waals surface area contributed by atoms with Crippen molar-refractivity contribution in [2.45, 2.75) is 20.3 Å². The lowest BCUT2D eigenvalue weighted by atomic mass is 10.0. The highest BCUT2D eigenvalue weighted by atomic mass is 32.1. The molecule has 13 heavy (non-hydrogen) atoms. The van der Waals surface area contributed by atoms with Crippen LogP contribution in [0.4, 0.5) is 5.69 Å². The molecule has 0 bridgehead atoms. The molecule has 0 aliphatic heterocycles. The van der Waals surface area contributed by atoms with Gasteiger partial charge in [0.15, 0.2) is 0 Å². The molecule has 0 saturated carbocycles. The summed E-state index contributed by atoms with van der Waals surface area (Å²) >= 11 is 4.84. The van der Waals surface area contributed by atoms with Crippen LogP contribution >= 0.6 is 12.2 Å². The molecule has 2 nitrogen and oxygen atoms in total. The quantitative estimate of drug-likeness (QED) is 0.556. The van der Waals surface area contributed by atoms with E-state index in [9.17, 15) is 0 Å². The van der Waals surface area contributed by atoms with Crippen LogP contribution in [-0.2, 0) is 6.42 Å². The molecule has 0 amide bonds. The summed E-state index contributed by atoms with van der Waals surface area (Å²) in [5.41, 5.74) is 15.4. The van der Waals surface area contributed by atoms with E-state index in [1.165, 1.54) is 0 Å². The van der Waals surface area contributed by atoms with E-state index in [1.807, 2.05) is 26.0 Å². The standard InChI is InChI=1S/C10H14N2S/c1-6-3-8(5-9(11)13)4-7(2)10(6)12/h3-4H,5,12H2,1-2H3,(H2,11,13). The Morgan fingerprint density at radius 3 is 2.15 bits per heavy atom. The number of hydrogen-bond acceptors (Lipinski definition) is 2. The van der Waals surface area contributed by atoms with Gasteiger partial charge in [-0.25, -0.2) is 0 Å². The molecule has 1 aromatic carbocycles. The summed E-state index contributed by atoms with van der Waals surface area (Å²) in [6.07, 6.45) is 0.650. The van der Waals surface area contributed by atoms with Crippen LogP contribution in [0.2, 0.25) is 0 Å². The molecule has 4 N–H and O–H groups in total. The van der Waals surface area contributed by atoms with E-state index in [0.29, 0.717) is 11.4 Å². The summed E-state index contributed by atoms with van der Waals surface area (Å²) < 4.78 is 0. The summed E-state index contributed by atoms with van der Waals surface area (Å²) in [6.45, 7) is 3.98. The summed E-state index contributed by atoms with van der Waals surface area (Å²) in [5.74, 6) is 0. The lowest BCUT2D eigenvalue weighted by Crippen LogP contribution is -2.11. The van der Waals surface area contributed by atoms with Crippen LogP contribution in [0.3, 0.4) is 0 Å². The Labute approximate surface area is 83.9 Å². The van der Waals surface area contributed by atoms with E-state index in [0.717, 1.165) is 22.4 Å². The Balaban J connectivity index is 3.06. The number of aryl methyl sites for hydroxylation is 2. The van der Waals surface area contributed by atoms with Gasteiger partial charge in [0.1, 0.15) is 0 Å². The highest BCUT2D eigenvalue weighted by Gasteiger charge is 2.02. The van der Waals surface area contributed by atoms with Crippen LogP contribution in [0.1, 0.15) is 16.7 Å². The van der Waals surface area contributed by atoms with Crippen LogP contribution in [0.5, 0.6) is 0 Å². The Bertz CT molecular complexity index is 322. The van der Waals surface area contributed by atoms with Crippen molar-refractivity contribution in [1.82, 2.24) is 0 Å². The second kappa shape index (κ2) is 3.75. The second-order valence-electron chi connectivity index (χ2n) is 3.29. The van der Waals surface area contributed by atoms with Gasteiger partial charge in [0.2, 0.25) is 0 Å².